The molecule has 4 rings (SSSR count). The summed E-state index contributed by atoms with van der Waals surface area (Å²) in [6, 6.07) is 18.3. The zero-order chi connectivity index (χ0) is 31.3. The van der Waals surface area contributed by atoms with Crippen molar-refractivity contribution in [2.24, 2.45) is 0 Å². The number of hydrogen-bond acceptors (Lipinski definition) is 11. The number of carbonyl (C=O) groups is 4. The molecule has 1 aliphatic heterocycles. The summed E-state index contributed by atoms with van der Waals surface area (Å²) in [5.74, 6) is -2.79. The van der Waals surface area contributed by atoms with Crippen LogP contribution in [0.3, 0.4) is 0 Å². The van der Waals surface area contributed by atoms with Gasteiger partial charge in [0.25, 0.3) is 0 Å². The van der Waals surface area contributed by atoms with Gasteiger partial charge in [0.2, 0.25) is 12.4 Å². The molecule has 1 aromatic heterocycles. The Hall–Kier alpha value is -3.67. The van der Waals surface area contributed by atoms with E-state index in [0.29, 0.717) is 12.0 Å². The number of carbonyl (C=O) groups excluding carboxylic acids is 4. The third-order valence-electron chi connectivity index (χ3n) is 6.79. The van der Waals surface area contributed by atoms with E-state index in [2.05, 4.69) is 36.4 Å². The maximum atomic E-state index is 12.2. The Morgan fingerprint density at radius 1 is 0.767 bits per heavy atom. The molecule has 2 heterocycles. The molecule has 1 aliphatic rings. The van der Waals surface area contributed by atoms with Crippen LogP contribution in [-0.2, 0) is 49.3 Å². The number of ether oxygens (including phenoxy) is 5. The van der Waals surface area contributed by atoms with E-state index in [1.54, 1.807) is 23.1 Å². The Morgan fingerprint density at radius 3 is 1.98 bits per heavy atom. The number of aryl methyl sites for hydroxylation is 1. The molecule has 0 N–H and O–H groups in total. The highest BCUT2D eigenvalue weighted by Crippen LogP contribution is 2.39. The molecule has 3 aromatic rings. The van der Waals surface area contributed by atoms with E-state index < -0.39 is 54.6 Å². The van der Waals surface area contributed by atoms with E-state index >= 15 is 0 Å². The van der Waals surface area contributed by atoms with Crippen molar-refractivity contribution in [2.45, 2.75) is 76.6 Å². The number of rotatable bonds is 9. The molecule has 9 nitrogen and oxygen atoms in total. The van der Waals surface area contributed by atoms with Crippen LogP contribution in [0.15, 0.2) is 59.5 Å². The molecule has 0 saturated carbocycles. The van der Waals surface area contributed by atoms with Crippen molar-refractivity contribution in [2.75, 3.05) is 6.26 Å². The zero-order valence-corrected chi connectivity index (χ0v) is 26.4. The summed E-state index contributed by atoms with van der Waals surface area (Å²) in [4.78, 5) is 51.8. The number of thiophene rings is 1. The van der Waals surface area contributed by atoms with Gasteiger partial charge in [-0.1, -0.05) is 30.3 Å². The summed E-state index contributed by atoms with van der Waals surface area (Å²) < 4.78 is 28.0. The largest absolute Gasteiger partial charge is 0.455 e. The second-order valence-electron chi connectivity index (χ2n) is 10.1. The van der Waals surface area contributed by atoms with Crippen LogP contribution in [-0.4, -0.2) is 54.7 Å². The van der Waals surface area contributed by atoms with Crippen LogP contribution in [0, 0.1) is 6.92 Å². The van der Waals surface area contributed by atoms with E-state index in [0.717, 1.165) is 33.4 Å². The topological polar surface area (TPSA) is 114 Å². The van der Waals surface area contributed by atoms with Gasteiger partial charge in [-0.25, -0.2) is 0 Å². The second-order valence-corrected chi connectivity index (χ2v) is 12.2. The summed E-state index contributed by atoms with van der Waals surface area (Å²) in [7, 11) is 0. The van der Waals surface area contributed by atoms with Gasteiger partial charge >= 0.3 is 23.9 Å². The molecule has 228 valence electrons. The van der Waals surface area contributed by atoms with Crippen molar-refractivity contribution in [1.29, 1.82) is 0 Å². The molecule has 0 bridgehead atoms. The maximum absolute atomic E-state index is 12.2. The van der Waals surface area contributed by atoms with Crippen LogP contribution in [0.2, 0.25) is 0 Å². The van der Waals surface area contributed by atoms with Crippen LogP contribution < -0.4 is 0 Å². The van der Waals surface area contributed by atoms with E-state index in [1.807, 2.05) is 31.4 Å². The zero-order valence-electron chi connectivity index (χ0n) is 24.8. The van der Waals surface area contributed by atoms with E-state index in [9.17, 15) is 19.2 Å². The number of hydrogen-bond donors (Lipinski definition) is 0. The first kappa shape index (κ1) is 32.2. The van der Waals surface area contributed by atoms with Crippen molar-refractivity contribution < 1.29 is 42.9 Å². The van der Waals surface area contributed by atoms with Crippen molar-refractivity contribution in [3.05, 3.63) is 76.2 Å². The van der Waals surface area contributed by atoms with E-state index in [-0.39, 0.29) is 0 Å². The van der Waals surface area contributed by atoms with Crippen LogP contribution in [0.25, 0.3) is 10.4 Å². The molecule has 43 heavy (non-hydrogen) atoms. The van der Waals surface area contributed by atoms with Gasteiger partial charge in [-0.2, -0.15) is 0 Å². The van der Waals surface area contributed by atoms with Gasteiger partial charge in [0, 0.05) is 48.8 Å². The second kappa shape index (κ2) is 14.2. The molecule has 5 atom stereocenters. The quantitative estimate of drug-likeness (QED) is 0.164. The summed E-state index contributed by atoms with van der Waals surface area (Å²) in [6.45, 7) is 6.73. The Kier molecular flexibility index (Phi) is 10.6. The van der Waals surface area contributed by atoms with Crippen LogP contribution in [0.1, 0.15) is 55.4 Å². The standard InChI is InChI=1S/C32H34O9S2/c1-17-7-8-23(15-24(17)16-26-13-14-27(43-26)22-9-11-25(42-6)12-10-22)28-29(37-18(2)33)30(38-19(3)34)31(39-20(4)35)32(41-28)40-21(5)36/h7-15,28-32H,16H2,1-6H3. The molecule has 0 radical (unpaired) electrons. The van der Waals surface area contributed by atoms with Crippen LogP contribution in [0.5, 0.6) is 0 Å². The summed E-state index contributed by atoms with van der Waals surface area (Å²) in [5.41, 5.74) is 3.79. The first-order valence-corrected chi connectivity index (χ1v) is 15.7. The molecular weight excluding hydrogens is 592 g/mol. The van der Waals surface area contributed by atoms with Gasteiger partial charge in [0.05, 0.1) is 0 Å². The fraction of sp³-hybridized carbons (Fsp3) is 0.375. The van der Waals surface area contributed by atoms with Gasteiger partial charge in [-0.15, -0.1) is 23.1 Å². The molecule has 1 saturated heterocycles. The third kappa shape index (κ3) is 8.25. The van der Waals surface area contributed by atoms with Crippen molar-refractivity contribution in [1.82, 2.24) is 0 Å². The highest BCUT2D eigenvalue weighted by Gasteiger charge is 2.53. The lowest BCUT2D eigenvalue weighted by Crippen LogP contribution is -2.59. The normalized spacial score (nSPS) is 21.5. The van der Waals surface area contributed by atoms with Crippen molar-refractivity contribution in [3.8, 4) is 10.4 Å². The lowest BCUT2D eigenvalue weighted by atomic mass is 9.90. The first-order valence-electron chi connectivity index (χ1n) is 13.6. The summed E-state index contributed by atoms with van der Waals surface area (Å²) >= 11 is 3.40. The lowest BCUT2D eigenvalue weighted by Gasteiger charge is -2.44. The third-order valence-corrected chi connectivity index (χ3v) is 8.66. The fourth-order valence-corrected chi connectivity index (χ4v) is 6.38. The van der Waals surface area contributed by atoms with Crippen LogP contribution in [0.4, 0.5) is 0 Å². The average molecular weight is 627 g/mol. The van der Waals surface area contributed by atoms with Crippen molar-refractivity contribution >= 4 is 47.0 Å². The van der Waals surface area contributed by atoms with Crippen molar-refractivity contribution in [3.63, 3.8) is 0 Å². The summed E-state index contributed by atoms with van der Waals surface area (Å²) in [5, 5.41) is 0. The lowest BCUT2D eigenvalue weighted by molar-refractivity contribution is -0.298. The van der Waals surface area contributed by atoms with E-state index in [4.69, 9.17) is 23.7 Å². The minimum absolute atomic E-state index is 0.604. The Morgan fingerprint density at radius 2 is 1.37 bits per heavy atom. The maximum Gasteiger partial charge on any atom is 0.305 e. The minimum Gasteiger partial charge on any atom is -0.455 e. The molecule has 0 aliphatic carbocycles. The molecule has 11 heteroatoms. The fourth-order valence-electron chi connectivity index (χ4n) is 4.93. The molecular formula is C32H34O9S2. The van der Waals surface area contributed by atoms with Crippen LogP contribution >= 0.6 is 23.1 Å². The predicted octanol–water partition coefficient (Wildman–Crippen LogP) is 5.79. The number of benzene rings is 2. The first-order chi connectivity index (χ1) is 20.4. The minimum atomic E-state index is -1.43. The monoisotopic (exact) mass is 626 g/mol. The van der Waals surface area contributed by atoms with Gasteiger partial charge in [-0.05, 0) is 59.7 Å². The molecule has 1 fully saturated rings. The highest BCUT2D eigenvalue weighted by atomic mass is 32.2. The summed E-state index contributed by atoms with van der Waals surface area (Å²) in [6.07, 6.45) is -3.64. The van der Waals surface area contributed by atoms with E-state index in [1.165, 1.54) is 25.7 Å². The number of thioether (sulfide) groups is 1. The Balaban J connectivity index is 1.69. The molecule has 5 unspecified atom stereocenters. The Bertz CT molecular complexity index is 1480. The number of esters is 4. The van der Waals surface area contributed by atoms with Gasteiger partial charge in [0.1, 0.15) is 6.10 Å². The highest BCUT2D eigenvalue weighted by molar-refractivity contribution is 7.98. The van der Waals surface area contributed by atoms with Gasteiger partial charge in [-0.3, -0.25) is 19.2 Å². The van der Waals surface area contributed by atoms with Gasteiger partial charge in [0.15, 0.2) is 12.2 Å². The van der Waals surface area contributed by atoms with Gasteiger partial charge < -0.3 is 23.7 Å². The molecule has 2 aromatic carbocycles. The molecule has 0 spiro atoms. The predicted molar refractivity (Wildman–Crippen MR) is 162 cm³/mol. The Labute approximate surface area is 258 Å². The SMILES string of the molecule is CSc1ccc(-c2ccc(Cc3cc(C4OC(OC(C)=O)C(OC(C)=O)C(OC(C)=O)C4OC(C)=O)ccc3C)s2)cc1. The average Bonchev–Trinajstić information content (AvgIpc) is 3.40. The molecule has 0 amide bonds. The smallest absolute Gasteiger partial charge is 0.305 e.